The second kappa shape index (κ2) is 7.85. The first-order valence-electron chi connectivity index (χ1n) is 8.92. The molecule has 26 heavy (non-hydrogen) atoms. The Morgan fingerprint density at radius 1 is 1.27 bits per heavy atom. The number of halogens is 2. The molecule has 0 spiro atoms. The van der Waals surface area contributed by atoms with Crippen molar-refractivity contribution in [2.75, 3.05) is 5.32 Å². The Morgan fingerprint density at radius 3 is 2.69 bits per heavy atom. The zero-order valence-corrected chi connectivity index (χ0v) is 15.0. The molecule has 0 unspecified atom stereocenters. The Kier molecular flexibility index (Phi) is 5.55. The van der Waals surface area contributed by atoms with Gasteiger partial charge < -0.3 is 10.1 Å². The molecule has 0 aliphatic heterocycles. The molecule has 3 nitrogen and oxygen atoms in total. The lowest BCUT2D eigenvalue weighted by Crippen LogP contribution is -2.13. The average Bonchev–Trinajstić information content (AvgIpc) is 3.46. The Morgan fingerprint density at radius 2 is 2.04 bits per heavy atom. The molecule has 0 radical (unpaired) electrons. The molecule has 2 aromatic rings. The summed E-state index contributed by atoms with van der Waals surface area (Å²) in [5.74, 6) is 0.562. The van der Waals surface area contributed by atoms with E-state index in [0.29, 0.717) is 18.0 Å². The predicted octanol–water partition coefficient (Wildman–Crippen LogP) is 5.74. The zero-order chi connectivity index (χ0) is 18.7. The molecule has 138 valence electrons. The number of rotatable bonds is 7. The highest BCUT2D eigenvalue weighted by molar-refractivity contribution is 5.91. The number of hydrogen-bond donors (Lipinski definition) is 1. The lowest BCUT2D eigenvalue weighted by Gasteiger charge is -2.17. The van der Waals surface area contributed by atoms with E-state index in [-0.39, 0.29) is 23.8 Å². The van der Waals surface area contributed by atoms with Gasteiger partial charge in [-0.3, -0.25) is 4.79 Å². The highest BCUT2D eigenvalue weighted by atomic mass is 19.3. The summed E-state index contributed by atoms with van der Waals surface area (Å²) in [7, 11) is 0. The third kappa shape index (κ3) is 4.21. The van der Waals surface area contributed by atoms with Gasteiger partial charge in [-0.15, -0.1) is 0 Å². The highest BCUT2D eigenvalue weighted by Crippen LogP contribution is 2.43. The molecule has 1 aliphatic carbocycles. The van der Waals surface area contributed by atoms with Crippen molar-refractivity contribution >= 4 is 11.6 Å². The maximum Gasteiger partial charge on any atom is 0.267 e. The minimum absolute atomic E-state index is 0.0807. The first kappa shape index (κ1) is 18.4. The van der Waals surface area contributed by atoms with Crippen LogP contribution < -0.4 is 10.1 Å². The second-order valence-corrected chi connectivity index (χ2v) is 6.68. The minimum atomic E-state index is -2.59. The molecule has 5 heteroatoms. The van der Waals surface area contributed by atoms with Crippen LogP contribution in [0.15, 0.2) is 36.4 Å². The molecule has 0 aromatic heterocycles. The molecule has 0 heterocycles. The van der Waals surface area contributed by atoms with E-state index in [0.717, 1.165) is 29.5 Å². The largest absolute Gasteiger partial charge is 0.488 e. The monoisotopic (exact) mass is 359 g/mol. The smallest absolute Gasteiger partial charge is 0.267 e. The molecule has 3 rings (SSSR count). The molecule has 2 aromatic carbocycles. The summed E-state index contributed by atoms with van der Waals surface area (Å²) in [6.07, 6.45) is -0.0138. The number of ether oxygens (including phenoxy) is 1. The fraction of sp³-hybridized carbons (Fsp3) is 0.381. The van der Waals surface area contributed by atoms with Crippen LogP contribution in [0.1, 0.15) is 60.8 Å². The van der Waals surface area contributed by atoms with E-state index in [1.54, 1.807) is 26.0 Å². The highest BCUT2D eigenvalue weighted by Gasteiger charge is 2.27. The quantitative estimate of drug-likeness (QED) is 0.685. The Hall–Kier alpha value is -2.43. The number of anilines is 1. The fourth-order valence-electron chi connectivity index (χ4n) is 3.02. The van der Waals surface area contributed by atoms with Crippen molar-refractivity contribution in [3.63, 3.8) is 0 Å². The van der Waals surface area contributed by atoms with E-state index >= 15 is 0 Å². The summed E-state index contributed by atoms with van der Waals surface area (Å²) in [5.41, 5.74) is 3.36. The van der Waals surface area contributed by atoms with Gasteiger partial charge in [0.25, 0.3) is 6.43 Å². The van der Waals surface area contributed by atoms with Crippen molar-refractivity contribution < 1.29 is 18.3 Å². The number of amides is 1. The van der Waals surface area contributed by atoms with Crippen molar-refractivity contribution in [1.29, 1.82) is 0 Å². The Balaban J connectivity index is 1.88. The van der Waals surface area contributed by atoms with Crippen molar-refractivity contribution in [3.05, 3.63) is 58.7 Å². The number of benzene rings is 2. The number of nitrogens with one attached hydrogen (secondary N) is 1. The first-order chi connectivity index (χ1) is 12.5. The van der Waals surface area contributed by atoms with Gasteiger partial charge in [-0.25, -0.2) is 8.78 Å². The maximum atomic E-state index is 13.3. The lowest BCUT2D eigenvalue weighted by molar-refractivity contribution is -0.115. The minimum Gasteiger partial charge on any atom is -0.488 e. The topological polar surface area (TPSA) is 38.3 Å². The summed E-state index contributed by atoms with van der Waals surface area (Å²) in [5, 5.41) is 2.90. The maximum absolute atomic E-state index is 13.3. The van der Waals surface area contributed by atoms with Gasteiger partial charge in [0.1, 0.15) is 12.4 Å². The molecule has 1 saturated carbocycles. The third-order valence-electron chi connectivity index (χ3n) is 4.60. The molecule has 0 atom stereocenters. The van der Waals surface area contributed by atoms with Gasteiger partial charge in [-0.2, -0.15) is 0 Å². The Labute approximate surface area is 152 Å². The van der Waals surface area contributed by atoms with E-state index < -0.39 is 6.43 Å². The van der Waals surface area contributed by atoms with Crippen LogP contribution in [0.2, 0.25) is 0 Å². The van der Waals surface area contributed by atoms with Gasteiger partial charge in [-0.1, -0.05) is 30.7 Å². The summed E-state index contributed by atoms with van der Waals surface area (Å²) in [6, 6.07) is 10.6. The van der Waals surface area contributed by atoms with Gasteiger partial charge in [0.15, 0.2) is 0 Å². The van der Waals surface area contributed by atoms with Gasteiger partial charge >= 0.3 is 0 Å². The summed E-state index contributed by atoms with van der Waals surface area (Å²) in [4.78, 5) is 11.8. The van der Waals surface area contributed by atoms with E-state index in [4.69, 9.17) is 4.74 Å². The van der Waals surface area contributed by atoms with Gasteiger partial charge in [0.05, 0.1) is 5.56 Å². The number of alkyl halides is 2. The van der Waals surface area contributed by atoms with Crippen LogP contribution in [0.4, 0.5) is 14.5 Å². The molecule has 1 amide bonds. The van der Waals surface area contributed by atoms with Gasteiger partial charge in [-0.05, 0) is 49.4 Å². The van der Waals surface area contributed by atoms with Crippen LogP contribution in [-0.2, 0) is 11.4 Å². The first-order valence-corrected chi connectivity index (χ1v) is 8.92. The van der Waals surface area contributed by atoms with Crippen LogP contribution >= 0.6 is 0 Å². The molecule has 0 bridgehead atoms. The lowest BCUT2D eigenvalue weighted by atomic mass is 10.0. The SMILES string of the molecule is CCC(=O)Nc1cccc(C2CC2)c1COc1ccc(C)cc1C(F)F. The summed E-state index contributed by atoms with van der Waals surface area (Å²) in [6.45, 7) is 3.71. The van der Waals surface area contributed by atoms with Crippen LogP contribution in [0.25, 0.3) is 0 Å². The normalized spacial score (nSPS) is 13.7. The number of carbonyl (C=O) groups excluding carboxylic acids is 1. The summed E-state index contributed by atoms with van der Waals surface area (Å²) >= 11 is 0. The molecular weight excluding hydrogens is 336 g/mol. The van der Waals surface area contributed by atoms with Crippen LogP contribution in [0, 0.1) is 6.92 Å². The van der Waals surface area contributed by atoms with Crippen molar-refractivity contribution in [2.24, 2.45) is 0 Å². The molecule has 0 saturated heterocycles. The van der Waals surface area contributed by atoms with Crippen LogP contribution in [-0.4, -0.2) is 5.91 Å². The van der Waals surface area contributed by atoms with Crippen LogP contribution in [0.5, 0.6) is 5.75 Å². The van der Waals surface area contributed by atoms with E-state index in [9.17, 15) is 13.6 Å². The second-order valence-electron chi connectivity index (χ2n) is 6.68. The van der Waals surface area contributed by atoms with Crippen LogP contribution in [0.3, 0.4) is 0 Å². The Bertz CT molecular complexity index is 801. The van der Waals surface area contributed by atoms with E-state index in [2.05, 4.69) is 5.32 Å². The number of aryl methyl sites for hydroxylation is 1. The van der Waals surface area contributed by atoms with E-state index in [1.165, 1.54) is 6.07 Å². The third-order valence-corrected chi connectivity index (χ3v) is 4.60. The summed E-state index contributed by atoms with van der Waals surface area (Å²) < 4.78 is 32.4. The molecule has 1 aliphatic rings. The van der Waals surface area contributed by atoms with E-state index in [1.807, 2.05) is 18.2 Å². The van der Waals surface area contributed by atoms with Crippen molar-refractivity contribution in [3.8, 4) is 5.75 Å². The van der Waals surface area contributed by atoms with Gasteiger partial charge in [0.2, 0.25) is 5.91 Å². The predicted molar refractivity (Wildman–Crippen MR) is 97.8 cm³/mol. The zero-order valence-electron chi connectivity index (χ0n) is 15.0. The van der Waals surface area contributed by atoms with Crippen molar-refractivity contribution in [2.45, 2.75) is 52.1 Å². The average molecular weight is 359 g/mol. The number of hydrogen-bond acceptors (Lipinski definition) is 2. The standard InChI is InChI=1S/C21H23F2NO2/c1-3-20(25)24-18-6-4-5-15(14-8-9-14)17(18)12-26-19-10-7-13(2)11-16(19)21(22)23/h4-7,10-11,14,21H,3,8-9,12H2,1-2H3,(H,24,25). The van der Waals surface area contributed by atoms with Crippen molar-refractivity contribution in [1.82, 2.24) is 0 Å². The van der Waals surface area contributed by atoms with Gasteiger partial charge in [0, 0.05) is 17.7 Å². The molecule has 1 fully saturated rings. The molecular formula is C21H23F2NO2. The molecule has 1 N–H and O–H groups in total. The fourth-order valence-corrected chi connectivity index (χ4v) is 3.02. The number of carbonyl (C=O) groups is 1.